The maximum Gasteiger partial charge on any atom is 0.241 e. The number of sulfonamides is 1. The third-order valence-electron chi connectivity index (χ3n) is 2.91. The van der Waals surface area contributed by atoms with E-state index in [2.05, 4.69) is 4.72 Å². The van der Waals surface area contributed by atoms with Gasteiger partial charge in [0, 0.05) is 17.3 Å². The Morgan fingerprint density at radius 2 is 2.00 bits per heavy atom. The van der Waals surface area contributed by atoms with Gasteiger partial charge in [0.05, 0.1) is 11.0 Å². The van der Waals surface area contributed by atoms with Crippen LogP contribution in [0.25, 0.3) is 0 Å². The van der Waals surface area contributed by atoms with Gasteiger partial charge in [-0.25, -0.2) is 13.1 Å². The lowest BCUT2D eigenvalue weighted by Gasteiger charge is -2.15. The highest BCUT2D eigenvalue weighted by molar-refractivity contribution is 7.89. The van der Waals surface area contributed by atoms with E-state index in [1.165, 1.54) is 12.1 Å². The van der Waals surface area contributed by atoms with Gasteiger partial charge < -0.3 is 10.8 Å². The summed E-state index contributed by atoms with van der Waals surface area (Å²) >= 11 is 5.84. The smallest absolute Gasteiger partial charge is 0.241 e. The Morgan fingerprint density at radius 3 is 2.55 bits per heavy atom. The number of benzene rings is 1. The Morgan fingerprint density at radius 1 is 1.40 bits per heavy atom. The van der Waals surface area contributed by atoms with Crippen LogP contribution < -0.4 is 10.5 Å². The van der Waals surface area contributed by atoms with Crippen molar-refractivity contribution in [1.29, 1.82) is 0 Å². The van der Waals surface area contributed by atoms with E-state index in [4.69, 9.17) is 17.3 Å². The summed E-state index contributed by atoms with van der Waals surface area (Å²) in [4.78, 5) is 0.0410. The van der Waals surface area contributed by atoms with Crippen molar-refractivity contribution in [2.75, 3.05) is 12.3 Å². The third-order valence-corrected chi connectivity index (χ3v) is 4.67. The summed E-state index contributed by atoms with van der Waals surface area (Å²) in [5, 5.41) is 9.99. The van der Waals surface area contributed by atoms with Crippen molar-refractivity contribution in [3.63, 3.8) is 0 Å². The van der Waals surface area contributed by atoms with Gasteiger partial charge in [-0.1, -0.05) is 25.4 Å². The molecule has 20 heavy (non-hydrogen) atoms. The molecule has 0 fully saturated rings. The molecule has 4 N–H and O–H groups in total. The van der Waals surface area contributed by atoms with Crippen LogP contribution in [-0.2, 0) is 10.0 Å². The molecule has 0 aliphatic rings. The summed E-state index contributed by atoms with van der Waals surface area (Å²) in [6, 6.07) is 2.86. The van der Waals surface area contributed by atoms with Crippen molar-refractivity contribution in [2.24, 2.45) is 5.92 Å². The van der Waals surface area contributed by atoms with Crippen LogP contribution in [0.5, 0.6) is 0 Å². The second kappa shape index (κ2) is 6.76. The van der Waals surface area contributed by atoms with Crippen LogP contribution >= 0.6 is 11.6 Å². The number of nitrogen functional groups attached to an aromatic ring is 1. The largest absolute Gasteiger partial charge is 0.398 e. The monoisotopic (exact) mass is 320 g/mol. The number of nitrogens with two attached hydrogens (primary N) is 1. The van der Waals surface area contributed by atoms with Crippen LogP contribution in [0.2, 0.25) is 5.02 Å². The summed E-state index contributed by atoms with van der Waals surface area (Å²) in [6.07, 6.45) is -0.194. The van der Waals surface area contributed by atoms with Gasteiger partial charge in [0.15, 0.2) is 0 Å². The van der Waals surface area contributed by atoms with Crippen molar-refractivity contribution in [3.8, 4) is 0 Å². The van der Waals surface area contributed by atoms with Crippen molar-refractivity contribution >= 4 is 27.3 Å². The second-order valence-electron chi connectivity index (χ2n) is 5.25. The number of aliphatic hydroxyl groups is 1. The molecule has 0 aliphatic carbocycles. The van der Waals surface area contributed by atoms with Crippen molar-refractivity contribution in [1.82, 2.24) is 4.72 Å². The minimum atomic E-state index is -3.74. The molecule has 0 spiro atoms. The molecule has 1 atom stereocenters. The van der Waals surface area contributed by atoms with Crippen molar-refractivity contribution in [2.45, 2.75) is 38.2 Å². The number of rotatable bonds is 6. The molecule has 5 nitrogen and oxygen atoms in total. The van der Waals surface area contributed by atoms with E-state index >= 15 is 0 Å². The number of halogens is 1. The van der Waals surface area contributed by atoms with Gasteiger partial charge in [0.2, 0.25) is 10.0 Å². The Labute approximate surface area is 125 Å². The predicted octanol–water partition coefficient (Wildman–Crippen LogP) is 1.92. The lowest BCUT2D eigenvalue weighted by atomic mass is 10.1. The van der Waals surface area contributed by atoms with Crippen LogP contribution in [0.15, 0.2) is 17.0 Å². The maximum absolute atomic E-state index is 12.2. The van der Waals surface area contributed by atoms with Gasteiger partial charge in [-0.3, -0.25) is 0 Å². The standard InChI is InChI=1S/C13H21ClN2O3S/c1-8(2)4-11(17)7-16-20(18,19)13-6-10(14)5-12(15)9(13)3/h5-6,8,11,16-17H,4,7,15H2,1-3H3. The molecule has 0 amide bonds. The number of anilines is 1. The lowest BCUT2D eigenvalue weighted by Crippen LogP contribution is -2.33. The highest BCUT2D eigenvalue weighted by Crippen LogP contribution is 2.25. The molecule has 114 valence electrons. The van der Waals surface area contributed by atoms with Gasteiger partial charge in [-0.15, -0.1) is 0 Å². The van der Waals surface area contributed by atoms with Crippen molar-refractivity contribution in [3.05, 3.63) is 22.7 Å². The van der Waals surface area contributed by atoms with Gasteiger partial charge in [0.1, 0.15) is 0 Å². The van der Waals surface area contributed by atoms with Crippen LogP contribution in [0, 0.1) is 12.8 Å². The Balaban J connectivity index is 2.90. The topological polar surface area (TPSA) is 92.4 Å². The van der Waals surface area contributed by atoms with E-state index in [0.29, 0.717) is 17.7 Å². The summed E-state index contributed by atoms with van der Waals surface area (Å²) in [5.41, 5.74) is 6.48. The number of hydrogen-bond donors (Lipinski definition) is 3. The molecule has 0 heterocycles. The van der Waals surface area contributed by atoms with E-state index in [1.807, 2.05) is 13.8 Å². The molecule has 0 bridgehead atoms. The molecule has 1 aromatic carbocycles. The van der Waals surface area contributed by atoms with Gasteiger partial charge in [0.25, 0.3) is 0 Å². The zero-order valence-electron chi connectivity index (χ0n) is 11.9. The molecule has 7 heteroatoms. The number of aliphatic hydroxyl groups excluding tert-OH is 1. The predicted molar refractivity (Wildman–Crippen MR) is 81.3 cm³/mol. The van der Waals surface area contributed by atoms with Crippen LogP contribution in [-0.4, -0.2) is 26.2 Å². The zero-order chi connectivity index (χ0) is 15.5. The first-order chi connectivity index (χ1) is 9.13. The summed E-state index contributed by atoms with van der Waals surface area (Å²) < 4.78 is 26.8. The lowest BCUT2D eigenvalue weighted by molar-refractivity contribution is 0.152. The molecule has 0 aromatic heterocycles. The van der Waals surface area contributed by atoms with Gasteiger partial charge in [-0.2, -0.15) is 0 Å². The summed E-state index contributed by atoms with van der Waals surface area (Å²) in [7, 11) is -3.74. The fourth-order valence-corrected chi connectivity index (χ4v) is 3.53. The quantitative estimate of drug-likeness (QED) is 0.698. The maximum atomic E-state index is 12.2. The van der Waals surface area contributed by atoms with E-state index < -0.39 is 16.1 Å². The zero-order valence-corrected chi connectivity index (χ0v) is 13.4. The number of hydrogen-bond acceptors (Lipinski definition) is 4. The average Bonchev–Trinajstić information content (AvgIpc) is 2.30. The minimum Gasteiger partial charge on any atom is -0.398 e. The van der Waals surface area contributed by atoms with Crippen LogP contribution in [0.4, 0.5) is 5.69 Å². The molecule has 0 saturated heterocycles. The second-order valence-corrected chi connectivity index (χ2v) is 7.43. The Hall–Kier alpha value is -0.820. The molecular weight excluding hydrogens is 300 g/mol. The highest BCUT2D eigenvalue weighted by Gasteiger charge is 2.20. The average molecular weight is 321 g/mol. The highest BCUT2D eigenvalue weighted by atomic mass is 35.5. The first-order valence-electron chi connectivity index (χ1n) is 6.37. The van der Waals surface area contributed by atoms with Gasteiger partial charge >= 0.3 is 0 Å². The SMILES string of the molecule is Cc1c(N)cc(Cl)cc1S(=O)(=O)NCC(O)CC(C)C. The summed E-state index contributed by atoms with van der Waals surface area (Å²) in [6.45, 7) is 5.50. The molecule has 1 aromatic rings. The Bertz CT molecular complexity index is 573. The fraction of sp³-hybridized carbons (Fsp3) is 0.538. The molecular formula is C13H21ClN2O3S. The van der Waals surface area contributed by atoms with E-state index in [1.54, 1.807) is 6.92 Å². The summed E-state index contributed by atoms with van der Waals surface area (Å²) in [5.74, 6) is 0.290. The van der Waals surface area contributed by atoms with Crippen LogP contribution in [0.1, 0.15) is 25.8 Å². The Kier molecular flexibility index (Phi) is 5.82. The van der Waals surface area contributed by atoms with E-state index in [9.17, 15) is 13.5 Å². The molecule has 1 rings (SSSR count). The third kappa shape index (κ3) is 4.63. The molecule has 0 radical (unpaired) electrons. The van der Waals surface area contributed by atoms with E-state index in [0.717, 1.165) is 0 Å². The number of nitrogens with one attached hydrogen (secondary N) is 1. The normalized spacial score (nSPS) is 13.7. The van der Waals surface area contributed by atoms with Crippen LogP contribution in [0.3, 0.4) is 0 Å². The first-order valence-corrected chi connectivity index (χ1v) is 8.23. The molecule has 0 aliphatic heterocycles. The first kappa shape index (κ1) is 17.2. The van der Waals surface area contributed by atoms with E-state index in [-0.39, 0.29) is 22.4 Å². The fourth-order valence-electron chi connectivity index (χ4n) is 1.86. The van der Waals surface area contributed by atoms with Gasteiger partial charge in [-0.05, 0) is 37.0 Å². The van der Waals surface area contributed by atoms with Crippen molar-refractivity contribution < 1.29 is 13.5 Å². The minimum absolute atomic E-state index is 0.0353. The molecule has 1 unspecified atom stereocenters. The molecule has 0 saturated carbocycles.